The van der Waals surface area contributed by atoms with Gasteiger partial charge in [0.05, 0.1) is 11.6 Å². The second-order valence-corrected chi connectivity index (χ2v) is 5.47. The SMILES string of the molecule is CCOc1ccc(NC(=O)c2csc(CCN)n2)c(C)c1.Cl. The van der Waals surface area contributed by atoms with Crippen LogP contribution in [0.5, 0.6) is 5.75 Å². The van der Waals surface area contributed by atoms with E-state index < -0.39 is 0 Å². The molecule has 7 heteroatoms. The molecule has 1 heterocycles. The van der Waals surface area contributed by atoms with Gasteiger partial charge in [0, 0.05) is 17.5 Å². The van der Waals surface area contributed by atoms with E-state index in [0.29, 0.717) is 25.3 Å². The number of ether oxygens (including phenoxy) is 1. The average Bonchev–Trinajstić information content (AvgIpc) is 2.91. The zero-order valence-electron chi connectivity index (χ0n) is 12.6. The van der Waals surface area contributed by atoms with Crippen LogP contribution >= 0.6 is 23.7 Å². The number of hydrogen-bond donors (Lipinski definition) is 2. The number of thiazole rings is 1. The number of aryl methyl sites for hydroxylation is 1. The van der Waals surface area contributed by atoms with Crippen molar-refractivity contribution in [3.63, 3.8) is 0 Å². The fourth-order valence-corrected chi connectivity index (χ4v) is 2.67. The summed E-state index contributed by atoms with van der Waals surface area (Å²) in [4.78, 5) is 16.4. The smallest absolute Gasteiger partial charge is 0.275 e. The number of amides is 1. The quantitative estimate of drug-likeness (QED) is 0.846. The molecule has 3 N–H and O–H groups in total. The lowest BCUT2D eigenvalue weighted by atomic mass is 10.2. The topological polar surface area (TPSA) is 77.2 Å². The van der Waals surface area contributed by atoms with E-state index in [0.717, 1.165) is 22.0 Å². The third-order valence-electron chi connectivity index (χ3n) is 2.90. The number of benzene rings is 1. The van der Waals surface area contributed by atoms with Crippen molar-refractivity contribution in [1.82, 2.24) is 4.98 Å². The number of carbonyl (C=O) groups is 1. The van der Waals surface area contributed by atoms with Crippen LogP contribution in [-0.4, -0.2) is 24.0 Å². The van der Waals surface area contributed by atoms with E-state index in [-0.39, 0.29) is 18.3 Å². The molecule has 0 aliphatic carbocycles. The number of halogens is 1. The molecular weight excluding hydrogens is 322 g/mol. The van der Waals surface area contributed by atoms with Crippen molar-refractivity contribution in [2.75, 3.05) is 18.5 Å². The molecule has 0 radical (unpaired) electrons. The maximum atomic E-state index is 12.2. The van der Waals surface area contributed by atoms with E-state index in [4.69, 9.17) is 10.5 Å². The third kappa shape index (κ3) is 4.69. The number of aromatic nitrogens is 1. The van der Waals surface area contributed by atoms with Gasteiger partial charge in [0.2, 0.25) is 0 Å². The molecule has 0 saturated carbocycles. The monoisotopic (exact) mass is 341 g/mol. The predicted octanol–water partition coefficient (Wildman–Crippen LogP) is 3.03. The van der Waals surface area contributed by atoms with Crippen molar-refractivity contribution in [2.45, 2.75) is 20.3 Å². The van der Waals surface area contributed by atoms with E-state index in [1.165, 1.54) is 11.3 Å². The third-order valence-corrected chi connectivity index (χ3v) is 3.81. The van der Waals surface area contributed by atoms with Crippen molar-refractivity contribution >= 4 is 35.3 Å². The Hall–Kier alpha value is -1.63. The van der Waals surface area contributed by atoms with Crippen molar-refractivity contribution < 1.29 is 9.53 Å². The van der Waals surface area contributed by atoms with Gasteiger partial charge in [-0.15, -0.1) is 23.7 Å². The summed E-state index contributed by atoms with van der Waals surface area (Å²) in [6.45, 7) is 5.02. The molecule has 0 atom stereocenters. The highest BCUT2D eigenvalue weighted by molar-refractivity contribution is 7.09. The Morgan fingerprint density at radius 2 is 2.23 bits per heavy atom. The fraction of sp³-hybridized carbons (Fsp3) is 0.333. The van der Waals surface area contributed by atoms with E-state index >= 15 is 0 Å². The highest BCUT2D eigenvalue weighted by atomic mass is 35.5. The van der Waals surface area contributed by atoms with Crippen LogP contribution in [0.1, 0.15) is 28.0 Å². The van der Waals surface area contributed by atoms with Gasteiger partial charge in [-0.3, -0.25) is 4.79 Å². The van der Waals surface area contributed by atoms with Gasteiger partial charge in [-0.25, -0.2) is 4.98 Å². The maximum absolute atomic E-state index is 12.2. The molecule has 0 aliphatic rings. The Morgan fingerprint density at radius 1 is 1.45 bits per heavy atom. The summed E-state index contributed by atoms with van der Waals surface area (Å²) >= 11 is 1.45. The molecule has 120 valence electrons. The van der Waals surface area contributed by atoms with Crippen LogP contribution < -0.4 is 15.8 Å². The molecule has 0 bridgehead atoms. The Morgan fingerprint density at radius 3 is 2.86 bits per heavy atom. The van der Waals surface area contributed by atoms with Gasteiger partial charge in [-0.1, -0.05) is 0 Å². The second-order valence-electron chi connectivity index (χ2n) is 4.53. The Bertz CT molecular complexity index is 631. The zero-order chi connectivity index (χ0) is 15.2. The first-order chi connectivity index (χ1) is 10.1. The van der Waals surface area contributed by atoms with E-state index in [2.05, 4.69) is 10.3 Å². The number of anilines is 1. The van der Waals surface area contributed by atoms with Crippen LogP contribution in [0.15, 0.2) is 23.6 Å². The van der Waals surface area contributed by atoms with E-state index in [1.54, 1.807) is 5.38 Å². The molecule has 5 nitrogen and oxygen atoms in total. The number of carbonyl (C=O) groups excluding carboxylic acids is 1. The number of nitrogens with one attached hydrogen (secondary N) is 1. The van der Waals surface area contributed by atoms with Crippen molar-refractivity contribution in [2.24, 2.45) is 5.73 Å². The highest BCUT2D eigenvalue weighted by Crippen LogP contribution is 2.22. The number of nitrogens with zero attached hydrogens (tertiary/aromatic N) is 1. The number of nitrogens with two attached hydrogens (primary N) is 1. The largest absolute Gasteiger partial charge is 0.494 e. The summed E-state index contributed by atoms with van der Waals surface area (Å²) < 4.78 is 5.43. The van der Waals surface area contributed by atoms with E-state index in [9.17, 15) is 4.79 Å². The molecule has 2 aromatic rings. The molecule has 1 aromatic carbocycles. The van der Waals surface area contributed by atoms with Gasteiger partial charge in [-0.05, 0) is 44.2 Å². The normalized spacial score (nSPS) is 9.95. The summed E-state index contributed by atoms with van der Waals surface area (Å²) in [5, 5.41) is 5.50. The van der Waals surface area contributed by atoms with Crippen LogP contribution in [-0.2, 0) is 6.42 Å². The Balaban J connectivity index is 0.00000242. The van der Waals surface area contributed by atoms with Crippen molar-refractivity contribution in [1.29, 1.82) is 0 Å². The highest BCUT2D eigenvalue weighted by Gasteiger charge is 2.12. The van der Waals surface area contributed by atoms with Crippen LogP contribution in [0, 0.1) is 6.92 Å². The lowest BCUT2D eigenvalue weighted by molar-refractivity contribution is 0.102. The van der Waals surface area contributed by atoms with Gasteiger partial charge in [-0.2, -0.15) is 0 Å². The predicted molar refractivity (Wildman–Crippen MR) is 92.4 cm³/mol. The minimum absolute atomic E-state index is 0. The molecule has 1 aromatic heterocycles. The van der Waals surface area contributed by atoms with Crippen LogP contribution in [0.2, 0.25) is 0 Å². The summed E-state index contributed by atoms with van der Waals surface area (Å²) in [5.41, 5.74) is 7.62. The van der Waals surface area contributed by atoms with Crippen molar-refractivity contribution in [3.05, 3.63) is 39.8 Å². The van der Waals surface area contributed by atoms with Gasteiger partial charge in [0.1, 0.15) is 11.4 Å². The minimum atomic E-state index is -0.207. The van der Waals surface area contributed by atoms with Gasteiger partial charge < -0.3 is 15.8 Å². The molecular formula is C15H20ClN3O2S. The average molecular weight is 342 g/mol. The lowest BCUT2D eigenvalue weighted by Gasteiger charge is -2.09. The Labute approximate surface area is 140 Å². The molecule has 1 amide bonds. The first kappa shape index (κ1) is 18.4. The summed E-state index contributed by atoms with van der Waals surface area (Å²) in [7, 11) is 0. The van der Waals surface area contributed by atoms with E-state index in [1.807, 2.05) is 32.0 Å². The minimum Gasteiger partial charge on any atom is -0.494 e. The molecule has 0 spiro atoms. The molecule has 0 aliphatic heterocycles. The Kier molecular flexibility index (Phi) is 7.31. The molecule has 0 fully saturated rings. The van der Waals surface area contributed by atoms with Gasteiger partial charge >= 0.3 is 0 Å². The zero-order valence-corrected chi connectivity index (χ0v) is 14.2. The van der Waals surface area contributed by atoms with Crippen LogP contribution in [0.3, 0.4) is 0 Å². The summed E-state index contributed by atoms with van der Waals surface area (Å²) in [6.07, 6.45) is 0.694. The molecule has 2 rings (SSSR count). The molecule has 22 heavy (non-hydrogen) atoms. The lowest BCUT2D eigenvalue weighted by Crippen LogP contribution is -2.13. The van der Waals surface area contributed by atoms with Gasteiger partial charge in [0.15, 0.2) is 0 Å². The first-order valence-electron chi connectivity index (χ1n) is 6.83. The van der Waals surface area contributed by atoms with Crippen LogP contribution in [0.25, 0.3) is 0 Å². The molecule has 0 saturated heterocycles. The summed E-state index contributed by atoms with van der Waals surface area (Å²) in [6, 6.07) is 5.58. The standard InChI is InChI=1S/C15H19N3O2S.ClH/c1-3-20-11-4-5-12(10(2)8-11)18-15(19)13-9-21-14(17-13)6-7-16;/h4-5,8-9H,3,6-7,16H2,1-2H3,(H,18,19);1H. The van der Waals surface area contributed by atoms with Gasteiger partial charge in [0.25, 0.3) is 5.91 Å². The summed E-state index contributed by atoms with van der Waals surface area (Å²) in [5.74, 6) is 0.591. The number of hydrogen-bond acceptors (Lipinski definition) is 5. The van der Waals surface area contributed by atoms with Crippen LogP contribution in [0.4, 0.5) is 5.69 Å². The maximum Gasteiger partial charge on any atom is 0.275 e. The second kappa shape index (κ2) is 8.73. The van der Waals surface area contributed by atoms with Crippen molar-refractivity contribution in [3.8, 4) is 5.75 Å². The fourth-order valence-electron chi connectivity index (χ4n) is 1.87. The molecule has 0 unspecified atom stereocenters. The number of rotatable bonds is 6. The first-order valence-corrected chi connectivity index (χ1v) is 7.71.